The third-order valence-corrected chi connectivity index (χ3v) is 4.78. The van der Waals surface area contributed by atoms with Crippen molar-refractivity contribution in [2.24, 2.45) is 11.3 Å². The molecule has 19 heavy (non-hydrogen) atoms. The number of hydrogen-bond donors (Lipinski definition) is 2. The fourth-order valence-electron chi connectivity index (χ4n) is 3.53. The lowest BCUT2D eigenvalue weighted by Gasteiger charge is -2.37. The van der Waals surface area contributed by atoms with Gasteiger partial charge < -0.3 is 10.6 Å². The fraction of sp³-hybridized carbons (Fsp3) is 0.600. The highest BCUT2D eigenvalue weighted by Gasteiger charge is 2.49. The van der Waals surface area contributed by atoms with Gasteiger partial charge >= 0.3 is 0 Å². The molecule has 1 saturated carbocycles. The maximum atomic E-state index is 12.7. The van der Waals surface area contributed by atoms with Gasteiger partial charge in [0.1, 0.15) is 0 Å². The van der Waals surface area contributed by atoms with E-state index in [1.807, 2.05) is 13.0 Å². The largest absolute Gasteiger partial charge is 0.324 e. The molecule has 1 amide bonds. The van der Waals surface area contributed by atoms with E-state index in [1.165, 1.54) is 12.8 Å². The van der Waals surface area contributed by atoms with Crippen LogP contribution in [-0.2, 0) is 4.79 Å². The van der Waals surface area contributed by atoms with Crippen molar-refractivity contribution in [3.05, 3.63) is 24.0 Å². The second-order valence-electron chi connectivity index (χ2n) is 5.87. The van der Waals surface area contributed by atoms with Crippen LogP contribution in [0.5, 0.6) is 0 Å². The highest BCUT2D eigenvalue weighted by atomic mass is 16.2. The average molecular weight is 259 g/mol. The monoisotopic (exact) mass is 259 g/mol. The highest BCUT2D eigenvalue weighted by molar-refractivity contribution is 5.96. The molecule has 3 rings (SSSR count). The minimum Gasteiger partial charge on any atom is -0.324 e. The van der Waals surface area contributed by atoms with Gasteiger partial charge in [-0.3, -0.25) is 9.78 Å². The van der Waals surface area contributed by atoms with E-state index < -0.39 is 0 Å². The van der Waals surface area contributed by atoms with E-state index in [1.54, 1.807) is 12.4 Å². The molecule has 1 aromatic heterocycles. The van der Waals surface area contributed by atoms with Crippen LogP contribution in [0.2, 0.25) is 0 Å². The molecule has 102 valence electrons. The number of amides is 1. The minimum atomic E-state index is -0.194. The topological polar surface area (TPSA) is 54.0 Å². The number of rotatable bonds is 2. The number of aryl methyl sites for hydroxylation is 1. The number of pyridine rings is 1. The van der Waals surface area contributed by atoms with Crippen LogP contribution < -0.4 is 10.6 Å². The zero-order valence-electron chi connectivity index (χ0n) is 11.4. The molecular formula is C15H21N3O. The summed E-state index contributed by atoms with van der Waals surface area (Å²) in [4.78, 5) is 16.8. The molecule has 2 aliphatic rings. The van der Waals surface area contributed by atoms with Gasteiger partial charge in [-0.2, -0.15) is 0 Å². The number of fused-ring (bicyclic) bond motifs is 1. The quantitative estimate of drug-likeness (QED) is 0.855. The maximum absolute atomic E-state index is 12.7. The van der Waals surface area contributed by atoms with E-state index in [4.69, 9.17) is 0 Å². The third kappa shape index (κ3) is 2.14. The van der Waals surface area contributed by atoms with Gasteiger partial charge in [0.05, 0.1) is 17.3 Å². The first-order valence-corrected chi connectivity index (χ1v) is 7.15. The second-order valence-corrected chi connectivity index (χ2v) is 5.87. The van der Waals surface area contributed by atoms with Crippen LogP contribution in [0.4, 0.5) is 5.69 Å². The smallest absolute Gasteiger partial charge is 0.232 e. The van der Waals surface area contributed by atoms with Crippen molar-refractivity contribution in [1.82, 2.24) is 10.3 Å². The van der Waals surface area contributed by atoms with Crippen LogP contribution in [0.1, 0.15) is 31.2 Å². The number of nitrogens with one attached hydrogen (secondary N) is 2. The molecule has 0 radical (unpaired) electrons. The predicted octanol–water partition coefficient (Wildman–Crippen LogP) is 2.11. The van der Waals surface area contributed by atoms with Crippen molar-refractivity contribution in [2.45, 2.75) is 32.6 Å². The third-order valence-electron chi connectivity index (χ3n) is 4.78. The number of anilines is 1. The van der Waals surface area contributed by atoms with E-state index in [2.05, 4.69) is 15.6 Å². The zero-order chi connectivity index (χ0) is 13.3. The lowest BCUT2D eigenvalue weighted by molar-refractivity contribution is -0.128. The number of carbonyl (C=O) groups is 1. The first kappa shape index (κ1) is 12.6. The predicted molar refractivity (Wildman–Crippen MR) is 74.9 cm³/mol. The Balaban J connectivity index is 1.81. The molecule has 0 aromatic carbocycles. The van der Waals surface area contributed by atoms with Crippen molar-refractivity contribution in [2.75, 3.05) is 18.4 Å². The SMILES string of the molecule is Cc1ccncc1NC(=O)[C@@]12CCCC[C@H]1CNC2. The Morgan fingerprint density at radius 1 is 1.53 bits per heavy atom. The first-order valence-electron chi connectivity index (χ1n) is 7.15. The average Bonchev–Trinajstić information content (AvgIpc) is 2.86. The summed E-state index contributed by atoms with van der Waals surface area (Å²) in [6.45, 7) is 3.81. The van der Waals surface area contributed by atoms with Crippen LogP contribution in [-0.4, -0.2) is 24.0 Å². The van der Waals surface area contributed by atoms with Crippen molar-refractivity contribution in [1.29, 1.82) is 0 Å². The molecule has 2 heterocycles. The summed E-state index contributed by atoms with van der Waals surface area (Å²) >= 11 is 0. The highest BCUT2D eigenvalue weighted by Crippen LogP contribution is 2.44. The lowest BCUT2D eigenvalue weighted by Crippen LogP contribution is -2.44. The van der Waals surface area contributed by atoms with Crippen LogP contribution in [0.15, 0.2) is 18.5 Å². The summed E-state index contributed by atoms with van der Waals surface area (Å²) in [5, 5.41) is 6.51. The molecule has 0 unspecified atom stereocenters. The Bertz CT molecular complexity index is 488. The number of aromatic nitrogens is 1. The van der Waals surface area contributed by atoms with Gasteiger partial charge in [0.25, 0.3) is 0 Å². The number of carbonyl (C=O) groups excluding carboxylic acids is 1. The van der Waals surface area contributed by atoms with Gasteiger partial charge in [-0.25, -0.2) is 0 Å². The second kappa shape index (κ2) is 4.93. The zero-order valence-corrected chi connectivity index (χ0v) is 11.4. The normalized spacial score (nSPS) is 29.8. The lowest BCUT2D eigenvalue weighted by atomic mass is 9.67. The Hall–Kier alpha value is -1.42. The maximum Gasteiger partial charge on any atom is 0.232 e. The molecular weight excluding hydrogens is 238 g/mol. The molecule has 0 bridgehead atoms. The molecule has 1 saturated heterocycles. The van der Waals surface area contributed by atoms with Gasteiger partial charge in [-0.15, -0.1) is 0 Å². The van der Waals surface area contributed by atoms with E-state index in [0.29, 0.717) is 5.92 Å². The Labute approximate surface area is 114 Å². The molecule has 4 heteroatoms. The summed E-state index contributed by atoms with van der Waals surface area (Å²) in [7, 11) is 0. The van der Waals surface area contributed by atoms with Crippen LogP contribution >= 0.6 is 0 Å². The van der Waals surface area contributed by atoms with Crippen molar-refractivity contribution in [3.8, 4) is 0 Å². The standard InChI is InChI=1S/C15H21N3O/c1-11-5-7-16-9-13(11)18-14(19)15-6-3-2-4-12(15)8-17-10-15/h5,7,9,12,17H,2-4,6,8,10H2,1H3,(H,18,19)/t12-,15+/m0/s1. The first-order chi connectivity index (χ1) is 9.22. The fourth-order valence-corrected chi connectivity index (χ4v) is 3.53. The van der Waals surface area contributed by atoms with Gasteiger partial charge in [0, 0.05) is 12.7 Å². The summed E-state index contributed by atoms with van der Waals surface area (Å²) in [5.41, 5.74) is 1.72. The van der Waals surface area contributed by atoms with Gasteiger partial charge in [-0.05, 0) is 43.9 Å². The van der Waals surface area contributed by atoms with Crippen LogP contribution in [0, 0.1) is 18.3 Å². The molecule has 1 aromatic rings. The molecule has 2 fully saturated rings. The van der Waals surface area contributed by atoms with Crippen LogP contribution in [0.3, 0.4) is 0 Å². The Morgan fingerprint density at radius 2 is 2.42 bits per heavy atom. The summed E-state index contributed by atoms with van der Waals surface area (Å²) < 4.78 is 0. The van der Waals surface area contributed by atoms with E-state index in [9.17, 15) is 4.79 Å². The van der Waals surface area contributed by atoms with E-state index in [-0.39, 0.29) is 11.3 Å². The summed E-state index contributed by atoms with van der Waals surface area (Å²) in [6, 6.07) is 1.93. The molecule has 1 aliphatic carbocycles. The summed E-state index contributed by atoms with van der Waals surface area (Å²) in [5.74, 6) is 0.677. The summed E-state index contributed by atoms with van der Waals surface area (Å²) in [6.07, 6.45) is 8.10. The Kier molecular flexibility index (Phi) is 3.27. The molecule has 0 spiro atoms. The van der Waals surface area contributed by atoms with Gasteiger partial charge in [0.15, 0.2) is 0 Å². The molecule has 2 atom stereocenters. The van der Waals surface area contributed by atoms with E-state index >= 15 is 0 Å². The van der Waals surface area contributed by atoms with Crippen LogP contribution in [0.25, 0.3) is 0 Å². The minimum absolute atomic E-state index is 0.179. The molecule has 1 aliphatic heterocycles. The van der Waals surface area contributed by atoms with Crippen molar-refractivity contribution in [3.63, 3.8) is 0 Å². The number of nitrogens with zero attached hydrogens (tertiary/aromatic N) is 1. The number of hydrogen-bond acceptors (Lipinski definition) is 3. The molecule has 2 N–H and O–H groups in total. The van der Waals surface area contributed by atoms with E-state index in [0.717, 1.165) is 37.2 Å². The van der Waals surface area contributed by atoms with Gasteiger partial charge in [-0.1, -0.05) is 12.8 Å². The van der Waals surface area contributed by atoms with Crippen molar-refractivity contribution >= 4 is 11.6 Å². The molecule has 4 nitrogen and oxygen atoms in total. The Morgan fingerprint density at radius 3 is 3.26 bits per heavy atom. The van der Waals surface area contributed by atoms with Crippen molar-refractivity contribution < 1.29 is 4.79 Å². The van der Waals surface area contributed by atoms with Gasteiger partial charge in [0.2, 0.25) is 5.91 Å².